The van der Waals surface area contributed by atoms with Gasteiger partial charge in [0.1, 0.15) is 0 Å². The highest BCUT2D eigenvalue weighted by molar-refractivity contribution is 5.78. The number of hydrogen-bond acceptors (Lipinski definition) is 7. The summed E-state index contributed by atoms with van der Waals surface area (Å²) in [5, 5.41) is 7.07. The van der Waals surface area contributed by atoms with Crippen LogP contribution in [0.4, 0.5) is 0 Å². The first-order valence-corrected chi connectivity index (χ1v) is 10.6. The molecule has 1 amide bonds. The molecule has 2 saturated heterocycles. The van der Waals surface area contributed by atoms with Crippen molar-refractivity contribution in [3.8, 4) is 0 Å². The highest BCUT2D eigenvalue weighted by Gasteiger charge is 2.31. The second kappa shape index (κ2) is 9.45. The van der Waals surface area contributed by atoms with E-state index in [9.17, 15) is 4.79 Å². The molecule has 0 aliphatic carbocycles. The quantitative estimate of drug-likeness (QED) is 0.793. The summed E-state index contributed by atoms with van der Waals surface area (Å²) in [6, 6.07) is 6.34. The SMILES string of the molecule is Cc1nc(CN2CCC(N3CCC[C@@H](C(=O)NCc4ccccn4)C3)CC2)no1. The average Bonchev–Trinajstić information content (AvgIpc) is 3.18. The summed E-state index contributed by atoms with van der Waals surface area (Å²) in [6.45, 7) is 7.10. The van der Waals surface area contributed by atoms with Crippen LogP contribution in [0, 0.1) is 12.8 Å². The molecule has 2 fully saturated rings. The van der Waals surface area contributed by atoms with Crippen LogP contribution in [-0.4, -0.2) is 63.1 Å². The lowest BCUT2D eigenvalue weighted by Crippen LogP contribution is -2.50. The standard InChI is InChI=1S/C21H30N6O2/c1-16-24-20(25-29-16)15-26-11-7-19(8-12-26)27-10-4-5-17(14-27)21(28)23-13-18-6-2-3-9-22-18/h2-3,6,9,17,19H,4-5,7-8,10-15H2,1H3,(H,23,28)/t17-/m1/s1. The van der Waals surface area contributed by atoms with Gasteiger partial charge in [-0.1, -0.05) is 11.2 Å². The highest BCUT2D eigenvalue weighted by atomic mass is 16.5. The maximum Gasteiger partial charge on any atom is 0.224 e. The molecule has 29 heavy (non-hydrogen) atoms. The largest absolute Gasteiger partial charge is 0.350 e. The van der Waals surface area contributed by atoms with E-state index < -0.39 is 0 Å². The van der Waals surface area contributed by atoms with Gasteiger partial charge in [-0.25, -0.2) is 0 Å². The molecule has 8 heteroatoms. The zero-order chi connectivity index (χ0) is 20.1. The molecule has 0 radical (unpaired) electrons. The molecule has 2 aromatic heterocycles. The summed E-state index contributed by atoms with van der Waals surface area (Å²) in [4.78, 5) is 26.2. The second-order valence-corrected chi connectivity index (χ2v) is 8.11. The Morgan fingerprint density at radius 2 is 2.10 bits per heavy atom. The van der Waals surface area contributed by atoms with Crippen LogP contribution in [0.3, 0.4) is 0 Å². The topological polar surface area (TPSA) is 87.4 Å². The average molecular weight is 399 g/mol. The van der Waals surface area contributed by atoms with Gasteiger partial charge in [0.15, 0.2) is 5.82 Å². The monoisotopic (exact) mass is 398 g/mol. The van der Waals surface area contributed by atoms with Crippen LogP contribution in [0.15, 0.2) is 28.9 Å². The van der Waals surface area contributed by atoms with Gasteiger partial charge >= 0.3 is 0 Å². The Bertz CT molecular complexity index is 787. The van der Waals surface area contributed by atoms with Crippen molar-refractivity contribution in [1.82, 2.24) is 30.2 Å². The Hall–Kier alpha value is -2.32. The van der Waals surface area contributed by atoms with E-state index in [1.54, 1.807) is 6.20 Å². The molecule has 0 bridgehead atoms. The summed E-state index contributed by atoms with van der Waals surface area (Å²) in [7, 11) is 0. The van der Waals surface area contributed by atoms with Crippen molar-refractivity contribution in [3.63, 3.8) is 0 Å². The number of rotatable bonds is 6. The first-order chi connectivity index (χ1) is 14.2. The van der Waals surface area contributed by atoms with Gasteiger partial charge in [-0.15, -0.1) is 0 Å². The maximum absolute atomic E-state index is 12.7. The zero-order valence-electron chi connectivity index (χ0n) is 17.1. The molecule has 1 N–H and O–H groups in total. The molecular formula is C21H30N6O2. The van der Waals surface area contributed by atoms with E-state index in [2.05, 4.69) is 30.2 Å². The number of amides is 1. The Labute approximate surface area is 171 Å². The first kappa shape index (κ1) is 20.0. The Balaban J connectivity index is 1.23. The van der Waals surface area contributed by atoms with E-state index in [0.29, 0.717) is 18.5 Å². The fourth-order valence-electron chi connectivity index (χ4n) is 4.42. The summed E-state index contributed by atoms with van der Waals surface area (Å²) < 4.78 is 5.07. The van der Waals surface area contributed by atoms with Gasteiger partial charge in [0.2, 0.25) is 11.8 Å². The highest BCUT2D eigenvalue weighted by Crippen LogP contribution is 2.24. The molecule has 0 saturated carbocycles. The van der Waals surface area contributed by atoms with E-state index in [-0.39, 0.29) is 11.8 Å². The second-order valence-electron chi connectivity index (χ2n) is 8.11. The van der Waals surface area contributed by atoms with Crippen LogP contribution >= 0.6 is 0 Å². The third kappa shape index (κ3) is 5.39. The number of hydrogen-bond donors (Lipinski definition) is 1. The predicted octanol–water partition coefficient (Wildman–Crippen LogP) is 1.77. The molecule has 0 aromatic carbocycles. The third-order valence-electron chi connectivity index (χ3n) is 6.00. The Kier molecular flexibility index (Phi) is 6.51. The van der Waals surface area contributed by atoms with Gasteiger partial charge in [-0.2, -0.15) is 4.98 Å². The molecule has 4 rings (SSSR count). The molecule has 1 atom stereocenters. The van der Waals surface area contributed by atoms with Gasteiger partial charge in [-0.05, 0) is 44.4 Å². The lowest BCUT2D eigenvalue weighted by Gasteiger charge is -2.41. The maximum atomic E-state index is 12.7. The van der Waals surface area contributed by atoms with Crippen LogP contribution in [0.25, 0.3) is 0 Å². The minimum Gasteiger partial charge on any atom is -0.350 e. The van der Waals surface area contributed by atoms with Crippen molar-refractivity contribution in [1.29, 1.82) is 0 Å². The van der Waals surface area contributed by atoms with Crippen molar-refractivity contribution in [3.05, 3.63) is 41.8 Å². The predicted molar refractivity (Wildman–Crippen MR) is 108 cm³/mol. The number of carbonyl (C=O) groups excluding carboxylic acids is 1. The number of nitrogens with one attached hydrogen (secondary N) is 1. The summed E-state index contributed by atoms with van der Waals surface area (Å²) in [6.07, 6.45) is 6.07. The van der Waals surface area contributed by atoms with Crippen LogP contribution < -0.4 is 5.32 Å². The van der Waals surface area contributed by atoms with E-state index in [1.165, 1.54) is 0 Å². The number of likely N-dealkylation sites (tertiary alicyclic amines) is 2. The number of carbonyl (C=O) groups is 1. The van der Waals surface area contributed by atoms with E-state index in [0.717, 1.165) is 69.9 Å². The zero-order valence-corrected chi connectivity index (χ0v) is 17.1. The number of nitrogens with zero attached hydrogens (tertiary/aromatic N) is 5. The number of aromatic nitrogens is 3. The van der Waals surface area contributed by atoms with Crippen LogP contribution in [0.2, 0.25) is 0 Å². The molecule has 156 valence electrons. The van der Waals surface area contributed by atoms with Crippen LogP contribution in [-0.2, 0) is 17.9 Å². The lowest BCUT2D eigenvalue weighted by atomic mass is 9.93. The minimum absolute atomic E-state index is 0.0767. The molecule has 2 aromatic rings. The summed E-state index contributed by atoms with van der Waals surface area (Å²) in [5.74, 6) is 1.62. The summed E-state index contributed by atoms with van der Waals surface area (Å²) >= 11 is 0. The van der Waals surface area contributed by atoms with Crippen molar-refractivity contribution in [2.24, 2.45) is 5.92 Å². The van der Waals surface area contributed by atoms with E-state index in [1.807, 2.05) is 25.1 Å². The Morgan fingerprint density at radius 1 is 1.24 bits per heavy atom. The van der Waals surface area contributed by atoms with Crippen molar-refractivity contribution in [2.45, 2.75) is 51.7 Å². The van der Waals surface area contributed by atoms with Crippen LogP contribution in [0.1, 0.15) is 43.1 Å². The molecule has 2 aliphatic rings. The summed E-state index contributed by atoms with van der Waals surface area (Å²) in [5.41, 5.74) is 0.901. The van der Waals surface area contributed by atoms with E-state index in [4.69, 9.17) is 4.52 Å². The number of piperidine rings is 2. The Morgan fingerprint density at radius 3 is 2.83 bits per heavy atom. The smallest absolute Gasteiger partial charge is 0.224 e. The van der Waals surface area contributed by atoms with Gasteiger partial charge in [-0.3, -0.25) is 19.6 Å². The van der Waals surface area contributed by atoms with Gasteiger partial charge in [0.25, 0.3) is 0 Å². The number of aryl methyl sites for hydroxylation is 1. The molecule has 8 nitrogen and oxygen atoms in total. The molecule has 0 unspecified atom stereocenters. The molecular weight excluding hydrogens is 368 g/mol. The van der Waals surface area contributed by atoms with E-state index >= 15 is 0 Å². The van der Waals surface area contributed by atoms with Crippen molar-refractivity contribution in [2.75, 3.05) is 26.2 Å². The van der Waals surface area contributed by atoms with Gasteiger partial charge < -0.3 is 9.84 Å². The van der Waals surface area contributed by atoms with Crippen molar-refractivity contribution < 1.29 is 9.32 Å². The lowest BCUT2D eigenvalue weighted by molar-refractivity contribution is -0.127. The molecule has 0 spiro atoms. The van der Waals surface area contributed by atoms with Gasteiger partial charge in [0.05, 0.1) is 24.7 Å². The van der Waals surface area contributed by atoms with Crippen molar-refractivity contribution >= 4 is 5.91 Å². The van der Waals surface area contributed by atoms with Crippen LogP contribution in [0.5, 0.6) is 0 Å². The molecule has 2 aliphatic heterocycles. The fourth-order valence-corrected chi connectivity index (χ4v) is 4.42. The fraction of sp³-hybridized carbons (Fsp3) is 0.619. The number of pyridine rings is 1. The third-order valence-corrected chi connectivity index (χ3v) is 6.00. The first-order valence-electron chi connectivity index (χ1n) is 10.6. The van der Waals surface area contributed by atoms with Gasteiger partial charge in [0, 0.05) is 38.8 Å². The normalized spacial score (nSPS) is 21.9. The minimum atomic E-state index is 0.0767. The molecule has 4 heterocycles.